The lowest BCUT2D eigenvalue weighted by Gasteiger charge is -2.25. The summed E-state index contributed by atoms with van der Waals surface area (Å²) >= 11 is 0. The highest BCUT2D eigenvalue weighted by molar-refractivity contribution is 6.97. The van der Waals surface area contributed by atoms with E-state index >= 15 is 0 Å². The van der Waals surface area contributed by atoms with E-state index in [-0.39, 0.29) is 25.0 Å². The van der Waals surface area contributed by atoms with E-state index in [2.05, 4.69) is 83.3 Å². The first-order valence-electron chi connectivity index (χ1n) is 13.8. The molecular formula is C32H44BNO3. The number of hydrogen-bond acceptors (Lipinski definition) is 4. The van der Waals surface area contributed by atoms with Crippen LogP contribution >= 0.6 is 0 Å². The second-order valence-electron chi connectivity index (χ2n) is 10.4. The van der Waals surface area contributed by atoms with Crippen molar-refractivity contribution >= 4 is 23.1 Å². The van der Waals surface area contributed by atoms with Crippen LogP contribution in [0.5, 0.6) is 17.2 Å². The Kier molecular flexibility index (Phi) is 11.4. The lowest BCUT2D eigenvalue weighted by atomic mass is 9.36. The Bertz CT molecular complexity index is 940. The first-order chi connectivity index (χ1) is 17.9. The summed E-state index contributed by atoms with van der Waals surface area (Å²) in [6, 6.07) is 24.8. The Morgan fingerprint density at radius 3 is 1.08 bits per heavy atom. The predicted octanol–water partition coefficient (Wildman–Crippen LogP) is 5.32. The van der Waals surface area contributed by atoms with E-state index in [9.17, 15) is 0 Å². The molecule has 0 bridgehead atoms. The van der Waals surface area contributed by atoms with Crippen LogP contribution in [-0.2, 0) is 0 Å². The smallest absolute Gasteiger partial charge is 0.255 e. The average Bonchev–Trinajstić information content (AvgIpc) is 2.88. The number of rotatable bonds is 9. The number of para-hydroxylation sites is 3. The van der Waals surface area contributed by atoms with Gasteiger partial charge in [0, 0.05) is 0 Å². The van der Waals surface area contributed by atoms with Crippen molar-refractivity contribution in [1.29, 1.82) is 0 Å². The van der Waals surface area contributed by atoms with Crippen molar-refractivity contribution in [1.82, 2.24) is 5.32 Å². The van der Waals surface area contributed by atoms with Crippen LogP contribution in [0.4, 0.5) is 0 Å². The number of piperidine rings is 1. The maximum atomic E-state index is 6.23. The highest BCUT2D eigenvalue weighted by atomic mass is 16.5. The molecule has 1 N–H and O–H groups in total. The SMILES string of the molecule is C1CCNCC1.CC(C)Oc1ccccc1B(c1ccccc1OC(C)C)c1ccccc1OC(C)C. The van der Waals surface area contributed by atoms with Gasteiger partial charge in [0.05, 0.1) is 18.3 Å². The third-order valence-corrected chi connectivity index (χ3v) is 5.99. The molecular weight excluding hydrogens is 457 g/mol. The van der Waals surface area contributed by atoms with Crippen molar-refractivity contribution < 1.29 is 14.2 Å². The van der Waals surface area contributed by atoms with Crippen LogP contribution in [0, 0.1) is 0 Å². The third-order valence-electron chi connectivity index (χ3n) is 5.99. The van der Waals surface area contributed by atoms with E-state index in [1.165, 1.54) is 32.4 Å². The Hall–Kier alpha value is -2.92. The van der Waals surface area contributed by atoms with Crippen molar-refractivity contribution in [2.75, 3.05) is 13.1 Å². The van der Waals surface area contributed by atoms with Crippen molar-refractivity contribution in [3.63, 3.8) is 0 Å². The molecule has 0 saturated carbocycles. The van der Waals surface area contributed by atoms with Gasteiger partial charge < -0.3 is 19.5 Å². The minimum atomic E-state index is -0.0974. The van der Waals surface area contributed by atoms with Crippen molar-refractivity contribution in [3.8, 4) is 17.2 Å². The van der Waals surface area contributed by atoms with E-state index in [0.29, 0.717) is 0 Å². The van der Waals surface area contributed by atoms with Crippen LogP contribution in [0.3, 0.4) is 0 Å². The minimum absolute atomic E-state index is 0.0751. The van der Waals surface area contributed by atoms with Crippen LogP contribution in [0.2, 0.25) is 0 Å². The molecule has 37 heavy (non-hydrogen) atoms. The zero-order valence-electron chi connectivity index (χ0n) is 23.5. The first kappa shape index (κ1) is 28.7. The van der Waals surface area contributed by atoms with E-state index in [1.54, 1.807) is 0 Å². The lowest BCUT2D eigenvalue weighted by Crippen LogP contribution is -2.53. The maximum absolute atomic E-state index is 6.23. The van der Waals surface area contributed by atoms with Gasteiger partial charge in [-0.25, -0.2) is 0 Å². The Labute approximate surface area is 224 Å². The van der Waals surface area contributed by atoms with Crippen LogP contribution < -0.4 is 35.9 Å². The molecule has 0 atom stereocenters. The number of ether oxygens (including phenoxy) is 3. The summed E-state index contributed by atoms with van der Waals surface area (Å²) in [6.45, 7) is 14.7. The Balaban J connectivity index is 0.000000555. The molecule has 0 aromatic heterocycles. The minimum Gasteiger partial charge on any atom is -0.492 e. The number of hydrogen-bond donors (Lipinski definition) is 1. The molecule has 0 radical (unpaired) electrons. The molecule has 4 rings (SSSR count). The lowest BCUT2D eigenvalue weighted by molar-refractivity contribution is 0.244. The molecule has 1 saturated heterocycles. The molecule has 3 aromatic rings. The van der Waals surface area contributed by atoms with Crippen molar-refractivity contribution in [3.05, 3.63) is 72.8 Å². The predicted molar refractivity (Wildman–Crippen MR) is 158 cm³/mol. The highest BCUT2D eigenvalue weighted by Gasteiger charge is 2.31. The summed E-state index contributed by atoms with van der Waals surface area (Å²) in [5.41, 5.74) is 3.28. The van der Waals surface area contributed by atoms with Gasteiger partial charge in [0.2, 0.25) is 0 Å². The van der Waals surface area contributed by atoms with Gasteiger partial charge in [-0.05, 0) is 102 Å². The van der Waals surface area contributed by atoms with Gasteiger partial charge in [0.1, 0.15) is 17.2 Å². The van der Waals surface area contributed by atoms with Crippen molar-refractivity contribution in [2.24, 2.45) is 0 Å². The van der Waals surface area contributed by atoms with E-state index in [0.717, 1.165) is 33.6 Å². The van der Waals surface area contributed by atoms with Crippen LogP contribution in [-0.4, -0.2) is 38.1 Å². The zero-order chi connectivity index (χ0) is 26.6. The van der Waals surface area contributed by atoms with Gasteiger partial charge in [0.25, 0.3) is 6.71 Å². The molecule has 198 valence electrons. The summed E-state index contributed by atoms with van der Waals surface area (Å²) in [7, 11) is 0. The highest BCUT2D eigenvalue weighted by Crippen LogP contribution is 2.19. The van der Waals surface area contributed by atoms with E-state index in [4.69, 9.17) is 14.2 Å². The second-order valence-corrected chi connectivity index (χ2v) is 10.4. The molecule has 1 aliphatic rings. The first-order valence-corrected chi connectivity index (χ1v) is 13.8. The molecule has 0 aliphatic carbocycles. The average molecular weight is 502 g/mol. The monoisotopic (exact) mass is 501 g/mol. The molecule has 3 aromatic carbocycles. The standard InChI is InChI=1S/C27H33BO3.C5H11N/c1-19(2)29-25-16-10-7-13-22(25)28(23-14-8-11-17-26(23)30-20(3)4)24-15-9-12-18-27(24)31-21(5)6;1-2-4-6-5-3-1/h7-21H,1-6H3;6H,1-5H2. The van der Waals surface area contributed by atoms with E-state index < -0.39 is 0 Å². The fourth-order valence-corrected chi connectivity index (χ4v) is 4.55. The molecule has 5 heteroatoms. The number of benzene rings is 3. The van der Waals surface area contributed by atoms with Gasteiger partial charge >= 0.3 is 0 Å². The zero-order valence-corrected chi connectivity index (χ0v) is 23.5. The topological polar surface area (TPSA) is 39.7 Å². The third kappa shape index (κ3) is 8.86. The normalized spacial score (nSPS) is 13.2. The molecule has 1 fully saturated rings. The molecule has 0 unspecified atom stereocenters. The van der Waals surface area contributed by atoms with Gasteiger partial charge in [0.15, 0.2) is 0 Å². The van der Waals surface area contributed by atoms with Crippen LogP contribution in [0.1, 0.15) is 60.8 Å². The molecule has 0 amide bonds. The largest absolute Gasteiger partial charge is 0.492 e. The Morgan fingerprint density at radius 1 is 0.514 bits per heavy atom. The maximum Gasteiger partial charge on any atom is 0.255 e. The summed E-state index contributed by atoms with van der Waals surface area (Å²) in [4.78, 5) is 0. The van der Waals surface area contributed by atoms with Crippen molar-refractivity contribution in [2.45, 2.75) is 79.1 Å². The molecule has 1 aliphatic heterocycles. The van der Waals surface area contributed by atoms with Gasteiger partial charge in [-0.1, -0.05) is 61.0 Å². The van der Waals surface area contributed by atoms with Crippen LogP contribution in [0.25, 0.3) is 0 Å². The Morgan fingerprint density at radius 2 is 0.838 bits per heavy atom. The summed E-state index contributed by atoms with van der Waals surface area (Å²) < 4.78 is 18.7. The molecule has 1 heterocycles. The van der Waals surface area contributed by atoms with Gasteiger partial charge in [-0.3, -0.25) is 0 Å². The quantitative estimate of drug-likeness (QED) is 0.403. The van der Waals surface area contributed by atoms with E-state index in [1.807, 2.05) is 36.4 Å². The summed E-state index contributed by atoms with van der Waals surface area (Å²) in [6.07, 6.45) is 4.44. The molecule has 0 spiro atoms. The van der Waals surface area contributed by atoms with Crippen LogP contribution in [0.15, 0.2) is 72.8 Å². The molecule has 4 nitrogen and oxygen atoms in total. The number of nitrogens with one attached hydrogen (secondary N) is 1. The van der Waals surface area contributed by atoms with Gasteiger partial charge in [-0.2, -0.15) is 0 Å². The fourth-order valence-electron chi connectivity index (χ4n) is 4.55. The summed E-state index contributed by atoms with van der Waals surface area (Å²) in [5, 5.41) is 3.28. The summed E-state index contributed by atoms with van der Waals surface area (Å²) in [5.74, 6) is 2.63. The fraction of sp³-hybridized carbons (Fsp3) is 0.438. The van der Waals surface area contributed by atoms with Gasteiger partial charge in [-0.15, -0.1) is 0 Å². The second kappa shape index (κ2) is 14.7.